The Bertz CT molecular complexity index is 2400. The molecule has 2 fully saturated rings. The van der Waals surface area contributed by atoms with E-state index in [-0.39, 0.29) is 20.1 Å². The molecule has 3 aromatic heterocycles. The van der Waals surface area contributed by atoms with Gasteiger partial charge in [-0.1, -0.05) is 168 Å². The zero-order valence-corrected chi connectivity index (χ0v) is 38.5. The average molecular weight is 961 g/mol. The van der Waals surface area contributed by atoms with Crippen molar-refractivity contribution < 1.29 is 20.1 Å². The van der Waals surface area contributed by atoms with Gasteiger partial charge in [-0.2, -0.15) is 11.3 Å². The Balaban J connectivity index is 0.000000175. The van der Waals surface area contributed by atoms with Crippen molar-refractivity contribution in [1.29, 1.82) is 0 Å². The second-order valence-electron chi connectivity index (χ2n) is 17.6. The molecule has 0 N–H and O–H groups in total. The summed E-state index contributed by atoms with van der Waals surface area (Å²) in [6.07, 6.45) is 17.7. The molecule has 4 aromatic carbocycles. The van der Waals surface area contributed by atoms with Crippen molar-refractivity contribution in [3.63, 3.8) is 0 Å². The third kappa shape index (κ3) is 9.60. The summed E-state index contributed by atoms with van der Waals surface area (Å²) in [6, 6.07) is 42.3. The Morgan fingerprint density at radius 3 is 2.23 bits per heavy atom. The summed E-state index contributed by atoms with van der Waals surface area (Å²) < 4.78 is 2.60. The van der Waals surface area contributed by atoms with E-state index >= 15 is 0 Å². The normalized spacial score (nSPS) is 15.1. The fourth-order valence-electron chi connectivity index (χ4n) is 9.04. The number of thiophene rings is 1. The molecule has 5 heteroatoms. The number of hydrogen-bond donors (Lipinski definition) is 0. The van der Waals surface area contributed by atoms with E-state index < -0.39 is 8.07 Å². The summed E-state index contributed by atoms with van der Waals surface area (Å²) in [6.45, 7) is 11.8. The summed E-state index contributed by atoms with van der Waals surface area (Å²) in [5.74, 6) is 2.12. The maximum absolute atomic E-state index is 4.80. The quantitative estimate of drug-likeness (QED) is 0.112. The van der Waals surface area contributed by atoms with Crippen LogP contribution >= 0.6 is 11.3 Å². The van der Waals surface area contributed by atoms with Gasteiger partial charge in [0, 0.05) is 37.2 Å². The van der Waals surface area contributed by atoms with Crippen LogP contribution in [0.2, 0.25) is 19.6 Å². The Morgan fingerprint density at radius 2 is 1.51 bits per heavy atom. The topological polar surface area (TPSA) is 25.8 Å². The summed E-state index contributed by atoms with van der Waals surface area (Å²) in [7, 11) is -1.37. The molecule has 0 bridgehead atoms. The van der Waals surface area contributed by atoms with Crippen molar-refractivity contribution in [1.82, 2.24) is 9.97 Å². The zero-order chi connectivity index (χ0) is 38.6. The first-order valence-corrected chi connectivity index (χ1v) is 25.4. The molecule has 2 nitrogen and oxygen atoms in total. The van der Waals surface area contributed by atoms with Gasteiger partial charge in [-0.05, 0) is 68.2 Å². The first kappa shape index (κ1) is 41.4. The van der Waals surface area contributed by atoms with Gasteiger partial charge in [0.1, 0.15) is 0 Å². The summed E-state index contributed by atoms with van der Waals surface area (Å²) in [5, 5.41) is 4.11. The van der Waals surface area contributed by atoms with E-state index in [1.165, 1.54) is 117 Å². The van der Waals surface area contributed by atoms with Gasteiger partial charge < -0.3 is 9.97 Å². The fraction of sp³-hybridized carbons (Fsp3) is 0.346. The molecule has 7 aromatic rings. The first-order valence-electron chi connectivity index (χ1n) is 21.1. The van der Waals surface area contributed by atoms with Crippen LogP contribution < -0.4 is 5.19 Å². The van der Waals surface area contributed by atoms with E-state index in [0.29, 0.717) is 5.92 Å². The van der Waals surface area contributed by atoms with Crippen LogP contribution in [0.15, 0.2) is 109 Å². The number of nitrogens with zero attached hydrogens (tertiary/aromatic N) is 2. The summed E-state index contributed by atoms with van der Waals surface area (Å²) in [5.41, 5.74) is 11.3. The maximum Gasteiger partial charge on any atom is 0.0799 e. The number of hydrogen-bond acceptors (Lipinski definition) is 3. The molecule has 57 heavy (non-hydrogen) atoms. The standard InChI is InChI=1S/C29H24NS.C23H32NSi.Ir/c1-2-9-22(10-3-1)23-13-14-24-25-11-6-12-26(29(25)31-28(24)19-23)27-18-21(15-16-30-27)17-20-7-4-5-8-20;1-17(2)21-15-22(24-16-23(21)25(3,4)5)20-13-11-19(12-14-20)18-9-7-6-8-10-18;/h1-3,6,9-11,13-16,18-20H,4-5,7-8,17H2;11-13,15-18H,6-10H2,1-5H3;/q2*-1;. The van der Waals surface area contributed by atoms with Gasteiger partial charge in [-0.15, -0.1) is 59.2 Å². The van der Waals surface area contributed by atoms with Crippen molar-refractivity contribution in [3.05, 3.63) is 138 Å². The number of pyridine rings is 2. The van der Waals surface area contributed by atoms with Gasteiger partial charge in [0.15, 0.2) is 0 Å². The van der Waals surface area contributed by atoms with E-state index in [4.69, 9.17) is 9.97 Å². The molecule has 0 amide bonds. The molecule has 1 radical (unpaired) electrons. The minimum absolute atomic E-state index is 0. The molecule has 0 spiro atoms. The van der Waals surface area contributed by atoms with Crippen LogP contribution in [0.4, 0.5) is 0 Å². The van der Waals surface area contributed by atoms with E-state index in [1.807, 2.05) is 17.5 Å². The van der Waals surface area contributed by atoms with Gasteiger partial charge in [0.2, 0.25) is 0 Å². The minimum Gasteiger partial charge on any atom is -0.305 e. The van der Waals surface area contributed by atoms with Crippen LogP contribution in [0, 0.1) is 18.1 Å². The molecule has 0 unspecified atom stereocenters. The second-order valence-corrected chi connectivity index (χ2v) is 23.7. The van der Waals surface area contributed by atoms with Gasteiger partial charge in [-0.25, -0.2) is 0 Å². The molecular formula is C52H56IrN2SSi-2. The molecule has 2 aliphatic rings. The number of fused-ring (bicyclic) bond motifs is 3. The monoisotopic (exact) mass is 961 g/mol. The van der Waals surface area contributed by atoms with Crippen molar-refractivity contribution in [3.8, 4) is 33.6 Å². The number of aromatic nitrogens is 2. The predicted molar refractivity (Wildman–Crippen MR) is 244 cm³/mol. The number of benzene rings is 4. The Kier molecular flexibility index (Phi) is 13.4. The molecule has 9 rings (SSSR count). The minimum atomic E-state index is -1.37. The van der Waals surface area contributed by atoms with Crippen LogP contribution in [-0.2, 0) is 26.5 Å². The smallest absolute Gasteiger partial charge is 0.0799 e. The molecule has 0 aliphatic heterocycles. The Hall–Kier alpha value is -3.73. The van der Waals surface area contributed by atoms with E-state index in [2.05, 4.69) is 149 Å². The third-order valence-electron chi connectivity index (χ3n) is 12.2. The van der Waals surface area contributed by atoms with Crippen LogP contribution in [0.3, 0.4) is 0 Å². The van der Waals surface area contributed by atoms with Crippen molar-refractivity contribution in [2.45, 2.75) is 110 Å². The third-order valence-corrected chi connectivity index (χ3v) is 15.4. The van der Waals surface area contributed by atoms with E-state index in [1.54, 1.807) is 0 Å². The van der Waals surface area contributed by atoms with Crippen molar-refractivity contribution in [2.24, 2.45) is 5.92 Å². The van der Waals surface area contributed by atoms with Gasteiger partial charge >= 0.3 is 0 Å². The Labute approximate surface area is 360 Å². The van der Waals surface area contributed by atoms with Crippen LogP contribution in [-0.4, -0.2) is 18.0 Å². The summed E-state index contributed by atoms with van der Waals surface area (Å²) in [4.78, 5) is 9.55. The van der Waals surface area contributed by atoms with Crippen LogP contribution in [0.25, 0.3) is 53.8 Å². The molecule has 0 atom stereocenters. The van der Waals surface area contributed by atoms with E-state index in [0.717, 1.165) is 34.4 Å². The van der Waals surface area contributed by atoms with Crippen molar-refractivity contribution in [2.75, 3.05) is 0 Å². The SMILES string of the molecule is CC(C)c1cc(-c2[c-]cc(C3CCCCC3)cc2)ncc1[Si](C)(C)C.[Ir].[c-]1ccc2c(sc3cc(-c4ccccc4)ccc32)c1-c1cc(CC2CCCC2)ccn1. The maximum atomic E-state index is 4.80. The Morgan fingerprint density at radius 1 is 0.737 bits per heavy atom. The molecule has 2 aliphatic carbocycles. The predicted octanol–water partition coefficient (Wildman–Crippen LogP) is 14.6. The first-order chi connectivity index (χ1) is 27.2. The molecule has 3 heterocycles. The molecular weight excluding hydrogens is 905 g/mol. The fourth-order valence-corrected chi connectivity index (χ4v) is 12.0. The van der Waals surface area contributed by atoms with Crippen LogP contribution in [0.1, 0.15) is 100 Å². The molecule has 0 saturated heterocycles. The zero-order valence-electron chi connectivity index (χ0n) is 34.3. The molecule has 295 valence electrons. The second kappa shape index (κ2) is 18.5. The van der Waals surface area contributed by atoms with Gasteiger partial charge in [0.05, 0.1) is 8.07 Å². The van der Waals surface area contributed by atoms with Gasteiger partial charge in [0.25, 0.3) is 0 Å². The summed E-state index contributed by atoms with van der Waals surface area (Å²) >= 11 is 1.86. The van der Waals surface area contributed by atoms with Gasteiger partial charge in [-0.3, -0.25) is 0 Å². The number of rotatable bonds is 8. The largest absolute Gasteiger partial charge is 0.305 e. The average Bonchev–Trinajstić information content (AvgIpc) is 3.89. The molecule has 2 saturated carbocycles. The van der Waals surface area contributed by atoms with Crippen LogP contribution in [0.5, 0.6) is 0 Å². The van der Waals surface area contributed by atoms with E-state index in [9.17, 15) is 0 Å². The van der Waals surface area contributed by atoms with Crippen molar-refractivity contribution >= 4 is 44.8 Å².